The molecule has 0 saturated heterocycles. The molecule has 0 bridgehead atoms. The average Bonchev–Trinajstić information content (AvgIpc) is 2.61. The number of fused-ring (bicyclic) bond motifs is 1. The molecule has 0 saturated carbocycles. The monoisotopic (exact) mass is 206 g/mol. The molecule has 2 aromatic rings. The summed E-state index contributed by atoms with van der Waals surface area (Å²) < 4.78 is 1.45. The maximum atomic E-state index is 10.7. The van der Waals surface area contributed by atoms with E-state index in [1.54, 1.807) is 12.1 Å². The van der Waals surface area contributed by atoms with Crippen LogP contribution in [0.4, 0.5) is 5.82 Å². The van der Waals surface area contributed by atoms with Crippen LogP contribution in [-0.4, -0.2) is 32.2 Å². The lowest BCUT2D eigenvalue weighted by atomic mass is 10.5. The van der Waals surface area contributed by atoms with E-state index in [9.17, 15) is 4.79 Å². The van der Waals surface area contributed by atoms with Crippen LogP contribution in [0.3, 0.4) is 0 Å². The largest absolute Gasteiger partial charge is 0.476 e. The van der Waals surface area contributed by atoms with Crippen LogP contribution in [0.25, 0.3) is 5.65 Å². The molecule has 0 fully saturated rings. The Morgan fingerprint density at radius 1 is 1.60 bits per heavy atom. The summed E-state index contributed by atoms with van der Waals surface area (Å²) in [5, 5.41) is 15.9. The van der Waals surface area contributed by atoms with Crippen molar-refractivity contribution in [1.82, 2.24) is 14.6 Å². The van der Waals surface area contributed by atoms with Gasteiger partial charge in [0.15, 0.2) is 11.3 Å². The van der Waals surface area contributed by atoms with Gasteiger partial charge in [0.2, 0.25) is 0 Å². The second-order valence-corrected chi connectivity index (χ2v) is 2.98. The maximum Gasteiger partial charge on any atom is 0.356 e. The molecule has 2 heterocycles. The first kappa shape index (κ1) is 9.45. The maximum absolute atomic E-state index is 10.7. The highest BCUT2D eigenvalue weighted by Crippen LogP contribution is 2.07. The van der Waals surface area contributed by atoms with Gasteiger partial charge in [-0.1, -0.05) is 0 Å². The molecular weight excluding hydrogens is 196 g/mol. The lowest BCUT2D eigenvalue weighted by Crippen LogP contribution is -2.01. The Balaban J connectivity index is 2.47. The van der Waals surface area contributed by atoms with E-state index in [0.717, 1.165) is 6.54 Å². The number of imidazole rings is 1. The summed E-state index contributed by atoms with van der Waals surface area (Å²) in [6, 6.07) is 3.48. The Labute approximate surface area is 85.6 Å². The van der Waals surface area contributed by atoms with Gasteiger partial charge < -0.3 is 10.4 Å². The molecule has 6 heteroatoms. The first-order valence-corrected chi connectivity index (χ1v) is 4.54. The van der Waals surface area contributed by atoms with Gasteiger partial charge in [0, 0.05) is 6.54 Å². The fourth-order valence-electron chi connectivity index (χ4n) is 1.26. The van der Waals surface area contributed by atoms with Crippen molar-refractivity contribution in [2.75, 3.05) is 11.9 Å². The standard InChI is InChI=1S/C9H10N4O2/c1-2-10-7-3-4-8-11-6(9(14)15)5-13(8)12-7/h3-5H,2H2,1H3,(H,10,12)(H,14,15). The third-order valence-corrected chi connectivity index (χ3v) is 1.90. The number of nitrogens with one attached hydrogen (secondary N) is 1. The second-order valence-electron chi connectivity index (χ2n) is 2.98. The highest BCUT2D eigenvalue weighted by atomic mass is 16.4. The van der Waals surface area contributed by atoms with Crippen molar-refractivity contribution in [1.29, 1.82) is 0 Å². The van der Waals surface area contributed by atoms with Crippen molar-refractivity contribution < 1.29 is 9.90 Å². The zero-order valence-electron chi connectivity index (χ0n) is 8.14. The van der Waals surface area contributed by atoms with Crippen molar-refractivity contribution in [2.45, 2.75) is 6.92 Å². The highest BCUT2D eigenvalue weighted by molar-refractivity contribution is 5.86. The molecular formula is C9H10N4O2. The van der Waals surface area contributed by atoms with Crippen molar-refractivity contribution in [2.24, 2.45) is 0 Å². The SMILES string of the molecule is CCNc1ccc2nc(C(=O)O)cn2n1. The Kier molecular flexibility index (Phi) is 2.24. The van der Waals surface area contributed by atoms with Crippen LogP contribution >= 0.6 is 0 Å². The molecule has 2 N–H and O–H groups in total. The number of hydrogen-bond acceptors (Lipinski definition) is 4. The van der Waals surface area contributed by atoms with E-state index in [1.165, 1.54) is 10.7 Å². The zero-order valence-corrected chi connectivity index (χ0v) is 8.14. The van der Waals surface area contributed by atoms with Crippen LogP contribution in [-0.2, 0) is 0 Å². The van der Waals surface area contributed by atoms with E-state index in [4.69, 9.17) is 5.11 Å². The molecule has 2 rings (SSSR count). The van der Waals surface area contributed by atoms with Crippen molar-refractivity contribution in [3.8, 4) is 0 Å². The molecule has 0 atom stereocenters. The van der Waals surface area contributed by atoms with Crippen LogP contribution in [0.15, 0.2) is 18.3 Å². The van der Waals surface area contributed by atoms with Crippen LogP contribution < -0.4 is 5.32 Å². The van der Waals surface area contributed by atoms with Crippen molar-refractivity contribution >= 4 is 17.4 Å². The van der Waals surface area contributed by atoms with Crippen LogP contribution in [0.2, 0.25) is 0 Å². The van der Waals surface area contributed by atoms with E-state index in [2.05, 4.69) is 15.4 Å². The number of aromatic carboxylic acids is 1. The van der Waals surface area contributed by atoms with E-state index < -0.39 is 5.97 Å². The Hall–Kier alpha value is -2.11. The fraction of sp³-hybridized carbons (Fsp3) is 0.222. The van der Waals surface area contributed by atoms with Gasteiger partial charge in [-0.3, -0.25) is 0 Å². The number of anilines is 1. The highest BCUT2D eigenvalue weighted by Gasteiger charge is 2.09. The lowest BCUT2D eigenvalue weighted by molar-refractivity contribution is 0.0691. The van der Waals surface area contributed by atoms with Gasteiger partial charge in [0.1, 0.15) is 5.82 Å². The summed E-state index contributed by atoms with van der Waals surface area (Å²) in [6.07, 6.45) is 1.39. The van der Waals surface area contributed by atoms with Crippen molar-refractivity contribution in [3.05, 3.63) is 24.0 Å². The molecule has 0 aromatic carbocycles. The minimum Gasteiger partial charge on any atom is -0.476 e. The topological polar surface area (TPSA) is 79.5 Å². The summed E-state index contributed by atoms with van der Waals surface area (Å²) in [4.78, 5) is 14.5. The second kappa shape index (κ2) is 3.56. The summed E-state index contributed by atoms with van der Waals surface area (Å²) >= 11 is 0. The number of nitrogens with zero attached hydrogens (tertiary/aromatic N) is 3. The summed E-state index contributed by atoms with van der Waals surface area (Å²) in [5.41, 5.74) is 0.519. The summed E-state index contributed by atoms with van der Waals surface area (Å²) in [5.74, 6) is -0.357. The average molecular weight is 206 g/mol. The Morgan fingerprint density at radius 3 is 3.07 bits per heavy atom. The molecule has 0 radical (unpaired) electrons. The smallest absolute Gasteiger partial charge is 0.356 e. The third-order valence-electron chi connectivity index (χ3n) is 1.90. The molecule has 6 nitrogen and oxygen atoms in total. The minimum absolute atomic E-state index is 0.00357. The molecule has 0 aliphatic heterocycles. The minimum atomic E-state index is -1.05. The zero-order chi connectivity index (χ0) is 10.8. The fourth-order valence-corrected chi connectivity index (χ4v) is 1.26. The van der Waals surface area contributed by atoms with Crippen LogP contribution in [0.1, 0.15) is 17.4 Å². The van der Waals surface area contributed by atoms with Gasteiger partial charge in [-0.2, -0.15) is 0 Å². The number of aromatic nitrogens is 3. The molecule has 2 aromatic heterocycles. The number of rotatable bonds is 3. The molecule has 78 valence electrons. The number of carboxylic acids is 1. The van der Waals surface area contributed by atoms with E-state index in [1.807, 2.05) is 6.92 Å². The third kappa shape index (κ3) is 1.74. The number of carboxylic acid groups (broad SMARTS) is 1. The van der Waals surface area contributed by atoms with Gasteiger partial charge in [-0.25, -0.2) is 14.3 Å². The molecule has 15 heavy (non-hydrogen) atoms. The number of hydrogen-bond donors (Lipinski definition) is 2. The first-order valence-electron chi connectivity index (χ1n) is 4.54. The van der Waals surface area contributed by atoms with Gasteiger partial charge in [0.25, 0.3) is 0 Å². The predicted octanol–water partition coefficient (Wildman–Crippen LogP) is 0.859. The van der Waals surface area contributed by atoms with Crippen LogP contribution in [0, 0.1) is 0 Å². The number of carbonyl (C=O) groups is 1. The normalized spacial score (nSPS) is 10.5. The van der Waals surface area contributed by atoms with E-state index in [0.29, 0.717) is 11.5 Å². The molecule has 0 unspecified atom stereocenters. The molecule has 0 aliphatic carbocycles. The summed E-state index contributed by atoms with van der Waals surface area (Å²) in [6.45, 7) is 2.72. The molecule has 0 aliphatic rings. The predicted molar refractivity (Wildman–Crippen MR) is 54.1 cm³/mol. The Morgan fingerprint density at radius 2 is 2.40 bits per heavy atom. The van der Waals surface area contributed by atoms with E-state index >= 15 is 0 Å². The lowest BCUT2D eigenvalue weighted by Gasteiger charge is -2.00. The van der Waals surface area contributed by atoms with E-state index in [-0.39, 0.29) is 5.69 Å². The summed E-state index contributed by atoms with van der Waals surface area (Å²) in [7, 11) is 0. The molecule has 0 amide bonds. The van der Waals surface area contributed by atoms with Gasteiger partial charge in [-0.15, -0.1) is 5.10 Å². The van der Waals surface area contributed by atoms with Gasteiger partial charge >= 0.3 is 5.97 Å². The van der Waals surface area contributed by atoms with Gasteiger partial charge in [-0.05, 0) is 19.1 Å². The van der Waals surface area contributed by atoms with Crippen molar-refractivity contribution in [3.63, 3.8) is 0 Å². The van der Waals surface area contributed by atoms with Crippen LogP contribution in [0.5, 0.6) is 0 Å². The quantitative estimate of drug-likeness (QED) is 0.778. The van der Waals surface area contributed by atoms with Gasteiger partial charge in [0.05, 0.1) is 6.20 Å². The first-order chi connectivity index (χ1) is 7.20. The Bertz CT molecular complexity index is 506. The molecule has 0 spiro atoms.